The van der Waals surface area contributed by atoms with Gasteiger partial charge in [-0.3, -0.25) is 15.2 Å². The number of nitrogens with zero attached hydrogens (tertiary/aromatic N) is 1. The lowest BCUT2D eigenvalue weighted by Gasteiger charge is -2.23. The van der Waals surface area contributed by atoms with Crippen LogP contribution in [0.1, 0.15) is 21.7 Å². The zero-order chi connectivity index (χ0) is 14.5. The summed E-state index contributed by atoms with van der Waals surface area (Å²) in [5, 5.41) is 1.53. The number of nitrogens with one attached hydrogen (secondary N) is 1. The van der Waals surface area contributed by atoms with Gasteiger partial charge in [-0.05, 0) is 30.8 Å². The van der Waals surface area contributed by atoms with E-state index in [1.807, 2.05) is 30.3 Å². The second-order valence-corrected chi connectivity index (χ2v) is 4.66. The molecule has 0 bridgehead atoms. The molecule has 0 spiro atoms. The van der Waals surface area contributed by atoms with Crippen LogP contribution >= 0.6 is 12.2 Å². The number of furan rings is 1. The summed E-state index contributed by atoms with van der Waals surface area (Å²) in [5.41, 5.74) is 9.77. The Morgan fingerprint density at radius 1 is 1.35 bits per heavy atom. The molecule has 6 heteroatoms. The normalized spacial score (nSPS) is 10.1. The first kappa shape index (κ1) is 14.1. The molecule has 1 aromatic carbocycles. The van der Waals surface area contributed by atoms with Crippen molar-refractivity contribution in [2.75, 3.05) is 0 Å². The van der Waals surface area contributed by atoms with Gasteiger partial charge in [0.25, 0.3) is 5.91 Å². The smallest absolute Gasteiger partial charge is 0.273 e. The van der Waals surface area contributed by atoms with Crippen LogP contribution in [0, 0.1) is 6.92 Å². The highest BCUT2D eigenvalue weighted by atomic mass is 32.1. The van der Waals surface area contributed by atoms with Gasteiger partial charge in [0.1, 0.15) is 5.76 Å². The van der Waals surface area contributed by atoms with Gasteiger partial charge in [-0.2, -0.15) is 0 Å². The molecule has 0 unspecified atom stereocenters. The maximum absolute atomic E-state index is 12.1. The van der Waals surface area contributed by atoms with Crippen LogP contribution in [0.4, 0.5) is 0 Å². The number of aryl methyl sites for hydroxylation is 1. The lowest BCUT2D eigenvalue weighted by atomic mass is 10.2. The Hall–Kier alpha value is -2.34. The van der Waals surface area contributed by atoms with Crippen molar-refractivity contribution >= 4 is 23.2 Å². The molecule has 104 valence electrons. The van der Waals surface area contributed by atoms with Crippen LogP contribution in [-0.2, 0) is 6.54 Å². The summed E-state index contributed by atoms with van der Waals surface area (Å²) in [6, 6.07) is 11.2. The molecule has 0 fully saturated rings. The molecule has 0 radical (unpaired) electrons. The van der Waals surface area contributed by atoms with Gasteiger partial charge in [-0.1, -0.05) is 30.3 Å². The van der Waals surface area contributed by atoms with Gasteiger partial charge >= 0.3 is 0 Å². The van der Waals surface area contributed by atoms with Crippen molar-refractivity contribution in [3.05, 3.63) is 59.5 Å². The number of hydrazine groups is 1. The van der Waals surface area contributed by atoms with Crippen LogP contribution in [0.15, 0.2) is 47.1 Å². The van der Waals surface area contributed by atoms with E-state index in [0.29, 0.717) is 17.9 Å². The molecule has 20 heavy (non-hydrogen) atoms. The molecule has 0 saturated carbocycles. The quantitative estimate of drug-likeness (QED) is 0.668. The SMILES string of the molecule is Cc1occc1C(=O)NN(Cc1ccccc1)C(N)=S. The van der Waals surface area contributed by atoms with Gasteiger partial charge < -0.3 is 10.2 Å². The van der Waals surface area contributed by atoms with Crippen molar-refractivity contribution < 1.29 is 9.21 Å². The van der Waals surface area contributed by atoms with Crippen molar-refractivity contribution in [3.8, 4) is 0 Å². The highest BCUT2D eigenvalue weighted by Crippen LogP contribution is 2.09. The van der Waals surface area contributed by atoms with Crippen molar-refractivity contribution in [3.63, 3.8) is 0 Å². The zero-order valence-electron chi connectivity index (χ0n) is 11.0. The van der Waals surface area contributed by atoms with Crippen molar-refractivity contribution in [1.82, 2.24) is 10.4 Å². The fraction of sp³-hybridized carbons (Fsp3) is 0.143. The number of hydrogen-bond acceptors (Lipinski definition) is 3. The fourth-order valence-corrected chi connectivity index (χ4v) is 1.85. The minimum absolute atomic E-state index is 0.100. The van der Waals surface area contributed by atoms with E-state index >= 15 is 0 Å². The molecule has 1 amide bonds. The predicted molar refractivity (Wildman–Crippen MR) is 79.7 cm³/mol. The second kappa shape index (κ2) is 6.21. The first-order valence-corrected chi connectivity index (χ1v) is 6.44. The number of amides is 1. The lowest BCUT2D eigenvalue weighted by molar-refractivity contribution is 0.0864. The fourth-order valence-electron chi connectivity index (χ4n) is 1.74. The van der Waals surface area contributed by atoms with E-state index in [4.69, 9.17) is 22.4 Å². The van der Waals surface area contributed by atoms with E-state index in [9.17, 15) is 4.79 Å². The molecule has 0 aliphatic heterocycles. The molecule has 0 saturated heterocycles. The number of hydrogen-bond donors (Lipinski definition) is 2. The Labute approximate surface area is 122 Å². The molecule has 0 aliphatic carbocycles. The molecule has 1 aromatic heterocycles. The third-order valence-corrected chi connectivity index (χ3v) is 3.01. The molecule has 5 nitrogen and oxygen atoms in total. The average molecular weight is 289 g/mol. The summed E-state index contributed by atoms with van der Waals surface area (Å²) in [6.07, 6.45) is 1.46. The van der Waals surface area contributed by atoms with Crippen molar-refractivity contribution in [1.29, 1.82) is 0 Å². The summed E-state index contributed by atoms with van der Waals surface area (Å²) in [4.78, 5) is 12.1. The van der Waals surface area contributed by atoms with Crippen molar-refractivity contribution in [2.24, 2.45) is 5.73 Å². The number of benzene rings is 1. The van der Waals surface area contributed by atoms with E-state index in [2.05, 4.69) is 5.43 Å². The number of rotatable bonds is 3. The largest absolute Gasteiger partial charge is 0.469 e. The summed E-state index contributed by atoms with van der Waals surface area (Å²) in [7, 11) is 0. The lowest BCUT2D eigenvalue weighted by Crippen LogP contribution is -2.48. The molecular formula is C14H15N3O2S. The van der Waals surface area contributed by atoms with Gasteiger partial charge in [0, 0.05) is 0 Å². The predicted octanol–water partition coefficient (Wildman–Crippen LogP) is 1.98. The van der Waals surface area contributed by atoms with Gasteiger partial charge in [0.15, 0.2) is 5.11 Å². The summed E-state index contributed by atoms with van der Waals surface area (Å²) in [6.45, 7) is 2.12. The average Bonchev–Trinajstić information content (AvgIpc) is 2.85. The Bertz CT molecular complexity index is 610. The Balaban J connectivity index is 2.09. The Morgan fingerprint density at radius 2 is 2.05 bits per heavy atom. The van der Waals surface area contributed by atoms with Crippen LogP contribution in [0.5, 0.6) is 0 Å². The van der Waals surface area contributed by atoms with Crippen LogP contribution in [-0.4, -0.2) is 16.0 Å². The second-order valence-electron chi connectivity index (χ2n) is 4.24. The first-order chi connectivity index (χ1) is 9.58. The van der Waals surface area contributed by atoms with E-state index in [-0.39, 0.29) is 11.0 Å². The van der Waals surface area contributed by atoms with Crippen LogP contribution < -0.4 is 11.2 Å². The highest BCUT2D eigenvalue weighted by molar-refractivity contribution is 7.80. The van der Waals surface area contributed by atoms with Gasteiger partial charge in [-0.25, -0.2) is 0 Å². The number of carbonyl (C=O) groups excluding carboxylic acids is 1. The van der Waals surface area contributed by atoms with Gasteiger partial charge in [0.05, 0.1) is 18.4 Å². The minimum Gasteiger partial charge on any atom is -0.469 e. The van der Waals surface area contributed by atoms with E-state index in [1.165, 1.54) is 11.3 Å². The maximum atomic E-state index is 12.1. The maximum Gasteiger partial charge on any atom is 0.273 e. The Kier molecular flexibility index (Phi) is 4.37. The third kappa shape index (κ3) is 3.36. The highest BCUT2D eigenvalue weighted by Gasteiger charge is 2.16. The molecule has 0 atom stereocenters. The summed E-state index contributed by atoms with van der Waals surface area (Å²) >= 11 is 4.96. The van der Waals surface area contributed by atoms with Crippen molar-refractivity contribution in [2.45, 2.75) is 13.5 Å². The molecule has 2 aromatic rings. The topological polar surface area (TPSA) is 71.5 Å². The number of nitrogens with two attached hydrogens (primary N) is 1. The number of carbonyl (C=O) groups is 1. The molecule has 2 rings (SSSR count). The van der Waals surface area contributed by atoms with Crippen LogP contribution in [0.25, 0.3) is 0 Å². The third-order valence-electron chi connectivity index (χ3n) is 2.79. The monoisotopic (exact) mass is 289 g/mol. The van der Waals surface area contributed by atoms with E-state index in [0.717, 1.165) is 5.56 Å². The molecule has 3 N–H and O–H groups in total. The zero-order valence-corrected chi connectivity index (χ0v) is 11.8. The Morgan fingerprint density at radius 3 is 2.60 bits per heavy atom. The van der Waals surface area contributed by atoms with Gasteiger partial charge in [-0.15, -0.1) is 0 Å². The molecule has 0 aliphatic rings. The molecule has 1 heterocycles. The molecular weight excluding hydrogens is 274 g/mol. The summed E-state index contributed by atoms with van der Waals surface area (Å²) in [5.74, 6) is 0.241. The van der Waals surface area contributed by atoms with Crippen LogP contribution in [0.2, 0.25) is 0 Å². The number of thiocarbonyl (C=S) groups is 1. The standard InChI is InChI=1S/C14H15N3O2S/c1-10-12(7-8-19-10)13(18)16-17(14(15)20)9-11-5-3-2-4-6-11/h2-8H,9H2,1H3,(H2,15,20)(H,16,18). The minimum atomic E-state index is -0.306. The summed E-state index contributed by atoms with van der Waals surface area (Å²) < 4.78 is 5.10. The van der Waals surface area contributed by atoms with Gasteiger partial charge in [0.2, 0.25) is 0 Å². The van der Waals surface area contributed by atoms with E-state index < -0.39 is 0 Å². The first-order valence-electron chi connectivity index (χ1n) is 6.04. The van der Waals surface area contributed by atoms with Crippen LogP contribution in [0.3, 0.4) is 0 Å². The van der Waals surface area contributed by atoms with E-state index in [1.54, 1.807) is 13.0 Å².